The molecule has 4 nitrogen and oxygen atoms in total. The van der Waals surface area contributed by atoms with Crippen molar-refractivity contribution >= 4 is 60.3 Å². The summed E-state index contributed by atoms with van der Waals surface area (Å²) in [5.41, 5.74) is 14.8. The van der Waals surface area contributed by atoms with Crippen LogP contribution in [0.1, 0.15) is 0 Å². The Bertz CT molecular complexity index is 3050. The third-order valence-electron chi connectivity index (χ3n) is 10.5. The van der Waals surface area contributed by atoms with E-state index in [1.165, 1.54) is 60.3 Å². The molecule has 4 heteroatoms. The van der Waals surface area contributed by atoms with Gasteiger partial charge in [-0.05, 0) is 89.0 Å². The minimum atomic E-state index is 0.948. The number of hydrogen-bond donors (Lipinski definition) is 0. The van der Waals surface area contributed by atoms with E-state index in [1.54, 1.807) is 0 Å². The van der Waals surface area contributed by atoms with Gasteiger partial charge in [0, 0.05) is 39.1 Å². The third-order valence-corrected chi connectivity index (χ3v) is 10.5. The van der Waals surface area contributed by atoms with Crippen molar-refractivity contribution in [1.29, 1.82) is 0 Å². The van der Waals surface area contributed by atoms with Gasteiger partial charge in [0.15, 0.2) is 0 Å². The van der Waals surface area contributed by atoms with Crippen LogP contribution in [0, 0.1) is 0 Å². The van der Waals surface area contributed by atoms with E-state index in [2.05, 4.69) is 196 Å². The van der Waals surface area contributed by atoms with E-state index >= 15 is 0 Å². The molecule has 0 aliphatic rings. The molecule has 0 saturated heterocycles. The summed E-state index contributed by atoms with van der Waals surface area (Å²) in [6.07, 6.45) is 2.15. The highest BCUT2D eigenvalue weighted by atomic mass is 15.0. The van der Waals surface area contributed by atoms with Crippen molar-refractivity contribution in [3.8, 4) is 33.6 Å². The van der Waals surface area contributed by atoms with Crippen molar-refractivity contribution in [2.45, 2.75) is 0 Å². The number of nitrogens with zero attached hydrogens (tertiary/aromatic N) is 4. The summed E-state index contributed by atoms with van der Waals surface area (Å²) in [5.74, 6) is 0. The molecule has 0 N–H and O–H groups in total. The van der Waals surface area contributed by atoms with Gasteiger partial charge in [-0.1, -0.05) is 109 Å². The lowest BCUT2D eigenvalue weighted by Crippen LogP contribution is -1.94. The quantitative estimate of drug-likeness (QED) is 0.186. The summed E-state index contributed by atoms with van der Waals surface area (Å²) in [4.78, 5) is 5.12. The first-order valence-corrected chi connectivity index (χ1v) is 17.4. The second-order valence-corrected chi connectivity index (χ2v) is 13.3. The summed E-state index contributed by atoms with van der Waals surface area (Å²) in [6, 6.07) is 63.3. The van der Waals surface area contributed by atoms with Gasteiger partial charge in [0.05, 0.1) is 33.1 Å². The maximum Gasteiger partial charge on any atom is 0.138 e. The Balaban J connectivity index is 0.994. The van der Waals surface area contributed by atoms with Gasteiger partial charge in [-0.2, -0.15) is 0 Å². The van der Waals surface area contributed by atoms with Crippen LogP contribution in [0.5, 0.6) is 0 Å². The number of para-hydroxylation sites is 3. The lowest BCUT2D eigenvalue weighted by molar-refractivity contribution is 1.18. The zero-order valence-corrected chi connectivity index (χ0v) is 27.6. The van der Waals surface area contributed by atoms with E-state index in [4.69, 9.17) is 4.98 Å². The normalized spacial score (nSPS) is 11.9. The van der Waals surface area contributed by atoms with Crippen LogP contribution >= 0.6 is 0 Å². The van der Waals surface area contributed by atoms with Gasteiger partial charge >= 0.3 is 0 Å². The standard InChI is InChI=1S/C47H30N4/c1-2-10-31(11-3-1)34-26-27-49-46-29-40-39-14-6-9-17-44(39)51(45(40)30-41(46)48-47(49)28-34)36-24-20-33(21-25-36)32-18-22-35(23-19-32)50-42-15-7-4-12-37(42)38-13-5-8-16-43(38)50/h1-30H. The van der Waals surface area contributed by atoms with Crippen LogP contribution in [0.25, 0.3) is 93.9 Å². The molecule has 0 unspecified atom stereocenters. The Hall–Kier alpha value is -6.91. The molecule has 0 atom stereocenters. The molecule has 0 spiro atoms. The van der Waals surface area contributed by atoms with Crippen molar-refractivity contribution in [2.24, 2.45) is 0 Å². The molecule has 0 bridgehead atoms. The van der Waals surface area contributed by atoms with Gasteiger partial charge in [-0.3, -0.25) is 4.40 Å². The first-order valence-electron chi connectivity index (χ1n) is 17.4. The smallest absolute Gasteiger partial charge is 0.138 e. The average Bonchev–Trinajstić information content (AvgIpc) is 3.84. The number of benzene rings is 7. The van der Waals surface area contributed by atoms with Crippen LogP contribution in [0.3, 0.4) is 0 Å². The first kappa shape index (κ1) is 28.0. The summed E-state index contributed by atoms with van der Waals surface area (Å²) < 4.78 is 6.94. The van der Waals surface area contributed by atoms with Crippen LogP contribution in [0.15, 0.2) is 182 Å². The number of rotatable bonds is 4. The summed E-state index contributed by atoms with van der Waals surface area (Å²) in [5, 5.41) is 5.00. The second-order valence-electron chi connectivity index (χ2n) is 13.3. The lowest BCUT2D eigenvalue weighted by Gasteiger charge is -2.11. The molecule has 0 aliphatic carbocycles. The number of aromatic nitrogens is 4. The summed E-state index contributed by atoms with van der Waals surface area (Å²) >= 11 is 0. The van der Waals surface area contributed by atoms with Crippen LogP contribution < -0.4 is 0 Å². The third kappa shape index (κ3) is 4.23. The molecule has 11 aromatic rings. The molecule has 238 valence electrons. The number of fused-ring (bicyclic) bond motifs is 9. The molecular formula is C47H30N4. The maximum atomic E-state index is 5.12. The van der Waals surface area contributed by atoms with Gasteiger partial charge < -0.3 is 9.13 Å². The Morgan fingerprint density at radius 3 is 1.41 bits per heavy atom. The highest BCUT2D eigenvalue weighted by Gasteiger charge is 2.17. The van der Waals surface area contributed by atoms with Gasteiger partial charge in [0.1, 0.15) is 5.65 Å². The first-order chi connectivity index (χ1) is 25.3. The monoisotopic (exact) mass is 650 g/mol. The fraction of sp³-hybridized carbons (Fsp3) is 0. The zero-order valence-electron chi connectivity index (χ0n) is 27.6. The molecular weight excluding hydrogens is 621 g/mol. The van der Waals surface area contributed by atoms with Gasteiger partial charge in [0.2, 0.25) is 0 Å². The lowest BCUT2D eigenvalue weighted by atomic mass is 10.0. The van der Waals surface area contributed by atoms with Crippen molar-refractivity contribution in [3.05, 3.63) is 182 Å². The van der Waals surface area contributed by atoms with Gasteiger partial charge in [-0.15, -0.1) is 0 Å². The zero-order chi connectivity index (χ0) is 33.5. The number of hydrogen-bond acceptors (Lipinski definition) is 1. The maximum absolute atomic E-state index is 5.12. The topological polar surface area (TPSA) is 27.2 Å². The number of pyridine rings is 1. The average molecular weight is 651 g/mol. The molecule has 11 rings (SSSR count). The highest BCUT2D eigenvalue weighted by molar-refractivity contribution is 6.13. The van der Waals surface area contributed by atoms with Crippen LogP contribution in [0.2, 0.25) is 0 Å². The molecule has 0 amide bonds. The van der Waals surface area contributed by atoms with Crippen LogP contribution in [-0.4, -0.2) is 18.5 Å². The fourth-order valence-electron chi connectivity index (χ4n) is 8.07. The molecule has 51 heavy (non-hydrogen) atoms. The highest BCUT2D eigenvalue weighted by Crippen LogP contribution is 2.37. The fourth-order valence-corrected chi connectivity index (χ4v) is 8.07. The molecule has 0 radical (unpaired) electrons. The molecule has 4 heterocycles. The van der Waals surface area contributed by atoms with Gasteiger partial charge in [-0.25, -0.2) is 4.98 Å². The van der Waals surface area contributed by atoms with Crippen molar-refractivity contribution in [1.82, 2.24) is 18.5 Å². The predicted octanol–water partition coefficient (Wildman–Crippen LogP) is 12.0. The van der Waals surface area contributed by atoms with E-state index in [0.29, 0.717) is 0 Å². The van der Waals surface area contributed by atoms with Gasteiger partial charge in [0.25, 0.3) is 0 Å². The van der Waals surface area contributed by atoms with Crippen LogP contribution in [0.4, 0.5) is 0 Å². The van der Waals surface area contributed by atoms with E-state index in [-0.39, 0.29) is 0 Å². The Morgan fingerprint density at radius 1 is 0.333 bits per heavy atom. The summed E-state index contributed by atoms with van der Waals surface area (Å²) in [7, 11) is 0. The van der Waals surface area contributed by atoms with E-state index < -0.39 is 0 Å². The van der Waals surface area contributed by atoms with E-state index in [1.807, 2.05) is 0 Å². The van der Waals surface area contributed by atoms with Crippen molar-refractivity contribution < 1.29 is 0 Å². The minimum Gasteiger partial charge on any atom is -0.309 e. The predicted molar refractivity (Wildman–Crippen MR) is 212 cm³/mol. The SMILES string of the molecule is c1ccc(-c2ccn3c(c2)nc2cc4c(cc23)c2ccccc2n4-c2ccc(-c3ccc(-n4c5ccccc5c5ccccc54)cc3)cc2)cc1. The van der Waals surface area contributed by atoms with Crippen LogP contribution in [-0.2, 0) is 0 Å². The summed E-state index contributed by atoms with van der Waals surface area (Å²) in [6.45, 7) is 0. The van der Waals surface area contributed by atoms with Crippen molar-refractivity contribution in [2.75, 3.05) is 0 Å². The largest absolute Gasteiger partial charge is 0.309 e. The van der Waals surface area contributed by atoms with E-state index in [9.17, 15) is 0 Å². The van der Waals surface area contributed by atoms with Crippen molar-refractivity contribution in [3.63, 3.8) is 0 Å². The molecule has 4 aromatic heterocycles. The minimum absolute atomic E-state index is 0.948. The molecule has 7 aromatic carbocycles. The molecule has 0 saturated carbocycles. The Morgan fingerprint density at radius 2 is 0.824 bits per heavy atom. The molecule has 0 fully saturated rings. The molecule has 0 aliphatic heterocycles. The second kappa shape index (κ2) is 10.8. The van der Waals surface area contributed by atoms with E-state index in [0.717, 1.165) is 33.6 Å². The Labute approximate surface area is 293 Å². The Kier molecular flexibility index (Phi) is 5.92. The number of imidazole rings is 1.